The fraction of sp³-hybridized carbons (Fsp3) is 0.500. The summed E-state index contributed by atoms with van der Waals surface area (Å²) in [6.45, 7) is 1.26. The number of nitrogens with zero attached hydrogens (tertiary/aromatic N) is 2. The Balaban J connectivity index is 2.30. The fourth-order valence-corrected chi connectivity index (χ4v) is 3.98. The molecule has 0 radical (unpaired) electrons. The fourth-order valence-electron chi connectivity index (χ4n) is 2.35. The number of nitrogens with two attached hydrogens (primary N) is 1. The minimum atomic E-state index is -3.82. The summed E-state index contributed by atoms with van der Waals surface area (Å²) in [6.07, 6.45) is 1.38. The molecule has 0 spiro atoms. The molecule has 0 amide bonds. The predicted molar refractivity (Wildman–Crippen MR) is 73.6 cm³/mol. The van der Waals surface area contributed by atoms with Crippen LogP contribution in [0.5, 0.6) is 0 Å². The van der Waals surface area contributed by atoms with Gasteiger partial charge in [-0.15, -0.1) is 0 Å². The van der Waals surface area contributed by atoms with Gasteiger partial charge in [0, 0.05) is 19.2 Å². The molecule has 1 aliphatic rings. The van der Waals surface area contributed by atoms with Gasteiger partial charge in [0.2, 0.25) is 10.0 Å². The number of nitro groups is 1. The Morgan fingerprint density at radius 1 is 1.30 bits per heavy atom. The van der Waals surface area contributed by atoms with Crippen LogP contribution in [0.15, 0.2) is 29.2 Å². The lowest BCUT2D eigenvalue weighted by atomic mass is 9.99. The Labute approximate surface area is 117 Å². The van der Waals surface area contributed by atoms with Gasteiger partial charge in [0.1, 0.15) is 0 Å². The zero-order valence-electron chi connectivity index (χ0n) is 10.9. The molecule has 2 N–H and O–H groups in total. The lowest BCUT2D eigenvalue weighted by Gasteiger charge is -2.30. The Morgan fingerprint density at radius 3 is 2.45 bits per heavy atom. The molecule has 0 bridgehead atoms. The Hall–Kier alpha value is -1.51. The SMILES string of the molecule is NCC1CCN(S(=O)(=O)c2ccccc2[N+](=O)[O-])CC1. The average molecular weight is 299 g/mol. The molecule has 1 heterocycles. The molecule has 1 saturated heterocycles. The molecule has 0 saturated carbocycles. The Kier molecular flexibility index (Phi) is 4.36. The maximum Gasteiger partial charge on any atom is 0.289 e. The average Bonchev–Trinajstić information content (AvgIpc) is 2.47. The molecular formula is C12H17N3O4S. The van der Waals surface area contributed by atoms with Gasteiger partial charge in [0.05, 0.1) is 4.92 Å². The summed E-state index contributed by atoms with van der Waals surface area (Å²) in [5, 5.41) is 11.0. The van der Waals surface area contributed by atoms with Crippen molar-refractivity contribution < 1.29 is 13.3 Å². The molecule has 1 aliphatic heterocycles. The number of piperidine rings is 1. The van der Waals surface area contributed by atoms with Gasteiger partial charge >= 0.3 is 0 Å². The highest BCUT2D eigenvalue weighted by Crippen LogP contribution is 2.29. The maximum absolute atomic E-state index is 12.5. The van der Waals surface area contributed by atoms with Crippen LogP contribution in [0.1, 0.15) is 12.8 Å². The van der Waals surface area contributed by atoms with E-state index < -0.39 is 14.9 Å². The van der Waals surface area contributed by atoms with Gasteiger partial charge in [0.15, 0.2) is 4.90 Å². The van der Waals surface area contributed by atoms with Crippen molar-refractivity contribution in [3.05, 3.63) is 34.4 Å². The van der Waals surface area contributed by atoms with Crippen LogP contribution in [0.3, 0.4) is 0 Å². The highest BCUT2D eigenvalue weighted by Gasteiger charge is 2.33. The van der Waals surface area contributed by atoms with Crippen LogP contribution in [-0.2, 0) is 10.0 Å². The second kappa shape index (κ2) is 5.86. The number of nitro benzene ring substituents is 1. The summed E-state index contributed by atoms with van der Waals surface area (Å²) in [4.78, 5) is 10.0. The minimum absolute atomic E-state index is 0.240. The van der Waals surface area contributed by atoms with E-state index in [4.69, 9.17) is 5.73 Å². The van der Waals surface area contributed by atoms with Gasteiger partial charge in [0.25, 0.3) is 5.69 Å². The van der Waals surface area contributed by atoms with Crippen molar-refractivity contribution in [3.63, 3.8) is 0 Å². The number of rotatable bonds is 4. The lowest BCUT2D eigenvalue weighted by Crippen LogP contribution is -2.40. The van der Waals surface area contributed by atoms with Gasteiger partial charge < -0.3 is 5.73 Å². The normalized spacial score (nSPS) is 18.1. The third-order valence-electron chi connectivity index (χ3n) is 3.59. The number of benzene rings is 1. The first-order valence-corrected chi connectivity index (χ1v) is 7.84. The summed E-state index contributed by atoms with van der Waals surface area (Å²) in [7, 11) is -3.82. The molecule has 7 nitrogen and oxygen atoms in total. The number of sulfonamides is 1. The van der Waals surface area contributed by atoms with Crippen molar-refractivity contribution >= 4 is 15.7 Å². The predicted octanol–water partition coefficient (Wildman–Crippen LogP) is 0.954. The smallest absolute Gasteiger partial charge is 0.289 e. The topological polar surface area (TPSA) is 107 Å². The third kappa shape index (κ3) is 2.82. The number of para-hydroxylation sites is 1. The minimum Gasteiger partial charge on any atom is -0.330 e. The molecule has 2 rings (SSSR count). The van der Waals surface area contributed by atoms with Crippen LogP contribution < -0.4 is 5.73 Å². The maximum atomic E-state index is 12.5. The second-order valence-electron chi connectivity index (χ2n) is 4.81. The van der Waals surface area contributed by atoms with E-state index in [1.807, 2.05) is 0 Å². The summed E-state index contributed by atoms with van der Waals surface area (Å²) in [5.74, 6) is 0.326. The van der Waals surface area contributed by atoms with E-state index in [9.17, 15) is 18.5 Å². The first-order chi connectivity index (χ1) is 9.46. The molecule has 110 valence electrons. The Morgan fingerprint density at radius 2 is 1.90 bits per heavy atom. The van der Waals surface area contributed by atoms with Gasteiger partial charge in [-0.25, -0.2) is 8.42 Å². The zero-order valence-corrected chi connectivity index (χ0v) is 11.8. The molecule has 1 aromatic rings. The monoisotopic (exact) mass is 299 g/mol. The molecule has 0 aromatic heterocycles. The summed E-state index contributed by atoms with van der Waals surface area (Å²) < 4.78 is 26.3. The van der Waals surface area contributed by atoms with Crippen LogP contribution in [0.2, 0.25) is 0 Å². The van der Waals surface area contributed by atoms with Gasteiger partial charge in [-0.2, -0.15) is 4.31 Å². The van der Waals surface area contributed by atoms with Gasteiger partial charge in [-0.05, 0) is 31.4 Å². The highest BCUT2D eigenvalue weighted by atomic mass is 32.2. The van der Waals surface area contributed by atoms with E-state index in [-0.39, 0.29) is 10.6 Å². The van der Waals surface area contributed by atoms with Crippen LogP contribution >= 0.6 is 0 Å². The van der Waals surface area contributed by atoms with Crippen LogP contribution in [0.4, 0.5) is 5.69 Å². The summed E-state index contributed by atoms with van der Waals surface area (Å²) in [6, 6.07) is 5.44. The summed E-state index contributed by atoms with van der Waals surface area (Å²) >= 11 is 0. The first-order valence-electron chi connectivity index (χ1n) is 6.40. The molecular weight excluding hydrogens is 282 g/mol. The van der Waals surface area contributed by atoms with Crippen molar-refractivity contribution in [3.8, 4) is 0 Å². The largest absolute Gasteiger partial charge is 0.330 e. The second-order valence-corrected chi connectivity index (χ2v) is 6.71. The van der Waals surface area contributed by atoms with Crippen LogP contribution in [0.25, 0.3) is 0 Å². The van der Waals surface area contributed by atoms with E-state index in [1.165, 1.54) is 28.6 Å². The van der Waals surface area contributed by atoms with Crippen molar-refractivity contribution in [1.29, 1.82) is 0 Å². The van der Waals surface area contributed by atoms with Crippen molar-refractivity contribution in [2.45, 2.75) is 17.7 Å². The van der Waals surface area contributed by atoms with E-state index in [0.29, 0.717) is 38.4 Å². The van der Waals surface area contributed by atoms with Crippen molar-refractivity contribution in [2.75, 3.05) is 19.6 Å². The Bertz CT molecular complexity index is 594. The molecule has 20 heavy (non-hydrogen) atoms. The van der Waals surface area contributed by atoms with Crippen LogP contribution in [0, 0.1) is 16.0 Å². The molecule has 0 atom stereocenters. The van der Waals surface area contributed by atoms with E-state index in [0.717, 1.165) is 0 Å². The quantitative estimate of drug-likeness (QED) is 0.658. The van der Waals surface area contributed by atoms with E-state index >= 15 is 0 Å². The number of hydrogen-bond donors (Lipinski definition) is 1. The van der Waals surface area contributed by atoms with E-state index in [1.54, 1.807) is 0 Å². The van der Waals surface area contributed by atoms with Gasteiger partial charge in [-0.3, -0.25) is 10.1 Å². The molecule has 0 aliphatic carbocycles. The third-order valence-corrected chi connectivity index (χ3v) is 5.53. The van der Waals surface area contributed by atoms with Crippen molar-refractivity contribution in [1.82, 2.24) is 4.31 Å². The molecule has 8 heteroatoms. The van der Waals surface area contributed by atoms with Gasteiger partial charge in [-0.1, -0.05) is 12.1 Å². The molecule has 1 aromatic carbocycles. The standard InChI is InChI=1S/C12H17N3O4S/c13-9-10-5-7-14(8-6-10)20(18,19)12-4-2-1-3-11(12)15(16)17/h1-4,10H,5-9,13H2. The number of hydrogen-bond acceptors (Lipinski definition) is 5. The lowest BCUT2D eigenvalue weighted by molar-refractivity contribution is -0.387. The molecule has 0 unspecified atom stereocenters. The van der Waals surface area contributed by atoms with E-state index in [2.05, 4.69) is 0 Å². The zero-order chi connectivity index (χ0) is 14.8. The highest BCUT2D eigenvalue weighted by molar-refractivity contribution is 7.89. The summed E-state index contributed by atoms with van der Waals surface area (Å²) in [5.41, 5.74) is 5.19. The van der Waals surface area contributed by atoms with Crippen molar-refractivity contribution in [2.24, 2.45) is 11.7 Å². The first kappa shape index (κ1) is 14.9. The molecule has 1 fully saturated rings. The van der Waals surface area contributed by atoms with Crippen LogP contribution in [-0.4, -0.2) is 37.3 Å².